The van der Waals surface area contributed by atoms with Gasteiger partial charge in [-0.15, -0.1) is 0 Å². The number of carbonyl (C=O) groups excluding carboxylic acids is 1. The molecule has 254 valence electrons. The number of ether oxygens (including phenoxy) is 1. The first kappa shape index (κ1) is 36.6. The van der Waals surface area contributed by atoms with Gasteiger partial charge in [0, 0.05) is 18.4 Å². The third-order valence-corrected chi connectivity index (χ3v) is 14.8. The van der Waals surface area contributed by atoms with Crippen LogP contribution in [0.1, 0.15) is 116 Å². The molecule has 1 aromatic heterocycles. The minimum Gasteiger partial charge on any atom is -0.334 e. The standard InChI is InChI=1S/C42H59N2O2P/c1-2-3-4-14-24-38(44-34-33-43-37-44)25-15-9-7-5-6-8-10-22-32-42(45)46-35-23-36-47(39-26-16-11-17-27-39,40-28-18-12-19-29-40)41-30-20-13-21-31-41/h11-13,16-21,26-31,33-34,37-38,47H,2-10,14-15,22-25,32,35-36H2,1H3. The maximum absolute atomic E-state index is 12.6. The van der Waals surface area contributed by atoms with E-state index in [1.165, 1.54) is 93.0 Å². The van der Waals surface area contributed by atoms with Gasteiger partial charge in [-0.3, -0.25) is 0 Å². The number of benzene rings is 3. The Morgan fingerprint density at radius 3 is 1.64 bits per heavy atom. The number of aromatic nitrogens is 2. The van der Waals surface area contributed by atoms with Crippen LogP contribution in [0.5, 0.6) is 0 Å². The van der Waals surface area contributed by atoms with Gasteiger partial charge in [0.2, 0.25) is 0 Å². The van der Waals surface area contributed by atoms with Crippen molar-refractivity contribution in [2.75, 3.05) is 12.8 Å². The number of esters is 1. The Kier molecular flexibility index (Phi) is 16.8. The molecule has 0 bridgehead atoms. The van der Waals surface area contributed by atoms with Crippen molar-refractivity contribution in [1.29, 1.82) is 0 Å². The predicted octanol–water partition coefficient (Wildman–Crippen LogP) is 9.96. The second kappa shape index (κ2) is 21.6. The molecule has 4 nitrogen and oxygen atoms in total. The van der Waals surface area contributed by atoms with Gasteiger partial charge in [0.15, 0.2) is 0 Å². The normalized spacial score (nSPS) is 12.5. The fraction of sp³-hybridized carbons (Fsp3) is 0.476. The molecular weight excluding hydrogens is 595 g/mol. The zero-order valence-electron chi connectivity index (χ0n) is 28.9. The number of hydrogen-bond acceptors (Lipinski definition) is 3. The molecule has 0 aliphatic rings. The topological polar surface area (TPSA) is 44.1 Å². The van der Waals surface area contributed by atoms with E-state index in [9.17, 15) is 4.79 Å². The molecule has 0 spiro atoms. The van der Waals surface area contributed by atoms with Gasteiger partial charge in [0.05, 0.1) is 6.33 Å². The molecule has 1 atom stereocenters. The Morgan fingerprint density at radius 1 is 0.660 bits per heavy atom. The second-order valence-electron chi connectivity index (χ2n) is 13.2. The van der Waals surface area contributed by atoms with Gasteiger partial charge in [-0.05, 0) is 12.8 Å². The summed E-state index contributed by atoms with van der Waals surface area (Å²) in [5.41, 5.74) is 0. The van der Waals surface area contributed by atoms with Crippen molar-refractivity contribution in [3.05, 3.63) is 110 Å². The van der Waals surface area contributed by atoms with E-state index in [1.54, 1.807) is 0 Å². The van der Waals surface area contributed by atoms with Gasteiger partial charge in [0.25, 0.3) is 0 Å². The molecule has 0 fully saturated rings. The molecule has 1 unspecified atom stereocenters. The van der Waals surface area contributed by atoms with Crippen LogP contribution in [-0.4, -0.2) is 28.3 Å². The third kappa shape index (κ3) is 12.1. The summed E-state index contributed by atoms with van der Waals surface area (Å²) in [5.74, 6) is -0.0430. The minimum absolute atomic E-state index is 0.0430. The third-order valence-electron chi connectivity index (χ3n) is 9.76. The van der Waals surface area contributed by atoms with Crippen LogP contribution in [0.2, 0.25) is 0 Å². The van der Waals surface area contributed by atoms with Crippen molar-refractivity contribution in [2.24, 2.45) is 0 Å². The number of hydrogen-bond donors (Lipinski definition) is 0. The minimum atomic E-state index is -2.27. The molecule has 47 heavy (non-hydrogen) atoms. The quantitative estimate of drug-likeness (QED) is 0.0429. The van der Waals surface area contributed by atoms with Crippen LogP contribution < -0.4 is 15.9 Å². The van der Waals surface area contributed by atoms with Crippen LogP contribution in [0.4, 0.5) is 0 Å². The average Bonchev–Trinajstić information content (AvgIpc) is 3.66. The Labute approximate surface area is 285 Å². The maximum atomic E-state index is 12.6. The summed E-state index contributed by atoms with van der Waals surface area (Å²) < 4.78 is 8.10. The summed E-state index contributed by atoms with van der Waals surface area (Å²) in [6.45, 7) is 2.76. The van der Waals surface area contributed by atoms with E-state index in [2.05, 4.69) is 114 Å². The fourth-order valence-corrected chi connectivity index (χ4v) is 12.0. The Hall–Kier alpha value is -3.23. The molecule has 0 saturated carbocycles. The SMILES string of the molecule is CCCCCCC(CCCCCCCCCCC(=O)OCCC[PH](c1ccccc1)(c1ccccc1)c1ccccc1)n1ccnc1. The number of imidazole rings is 1. The molecule has 0 aliphatic carbocycles. The van der Waals surface area contributed by atoms with Gasteiger partial charge in [-0.25, -0.2) is 4.98 Å². The molecule has 0 amide bonds. The van der Waals surface area contributed by atoms with Crippen LogP contribution in [0.3, 0.4) is 0 Å². The van der Waals surface area contributed by atoms with Gasteiger partial charge in [-0.2, -0.15) is 0 Å². The maximum Gasteiger partial charge on any atom is 0.0948 e. The first-order chi connectivity index (χ1) is 23.2. The van der Waals surface area contributed by atoms with E-state index in [-0.39, 0.29) is 5.97 Å². The van der Waals surface area contributed by atoms with Crippen LogP contribution in [0.25, 0.3) is 0 Å². The molecule has 0 N–H and O–H groups in total. The van der Waals surface area contributed by atoms with Gasteiger partial charge in [0.1, 0.15) is 0 Å². The van der Waals surface area contributed by atoms with E-state index >= 15 is 0 Å². The van der Waals surface area contributed by atoms with E-state index in [0.29, 0.717) is 19.1 Å². The van der Waals surface area contributed by atoms with Crippen LogP contribution in [0.15, 0.2) is 110 Å². The summed E-state index contributed by atoms with van der Waals surface area (Å²) >= 11 is 0. The summed E-state index contributed by atoms with van der Waals surface area (Å²) in [6.07, 6.45) is 26.0. The van der Waals surface area contributed by atoms with Crippen molar-refractivity contribution in [1.82, 2.24) is 9.55 Å². The number of carbonyl (C=O) groups is 1. The molecule has 0 aliphatic heterocycles. The molecule has 1 heterocycles. The van der Waals surface area contributed by atoms with Crippen LogP contribution in [-0.2, 0) is 9.53 Å². The molecule has 4 rings (SSSR count). The molecule has 3 aromatic carbocycles. The van der Waals surface area contributed by atoms with E-state index in [1.807, 2.05) is 12.5 Å². The Morgan fingerprint density at radius 2 is 1.15 bits per heavy atom. The van der Waals surface area contributed by atoms with E-state index in [4.69, 9.17) is 4.74 Å². The van der Waals surface area contributed by atoms with Gasteiger partial charge >= 0.3 is 194 Å². The molecule has 0 saturated heterocycles. The first-order valence-electron chi connectivity index (χ1n) is 18.5. The fourth-order valence-electron chi connectivity index (χ4n) is 7.14. The van der Waals surface area contributed by atoms with E-state index < -0.39 is 7.26 Å². The van der Waals surface area contributed by atoms with Crippen molar-refractivity contribution < 1.29 is 9.53 Å². The Bertz CT molecular complexity index is 1250. The van der Waals surface area contributed by atoms with Crippen molar-refractivity contribution in [3.63, 3.8) is 0 Å². The number of nitrogens with zero attached hydrogens (tertiary/aromatic N) is 2. The largest absolute Gasteiger partial charge is 0.334 e. The summed E-state index contributed by atoms with van der Waals surface area (Å²) in [4.78, 5) is 16.9. The van der Waals surface area contributed by atoms with Crippen LogP contribution >= 0.6 is 7.26 Å². The zero-order chi connectivity index (χ0) is 32.8. The first-order valence-corrected chi connectivity index (χ1v) is 20.7. The zero-order valence-corrected chi connectivity index (χ0v) is 29.9. The molecule has 4 aromatic rings. The molecule has 0 radical (unpaired) electrons. The van der Waals surface area contributed by atoms with Gasteiger partial charge in [-0.1, -0.05) is 45.4 Å². The monoisotopic (exact) mass is 654 g/mol. The Balaban J connectivity index is 1.11. The summed E-state index contributed by atoms with van der Waals surface area (Å²) in [7, 11) is -2.27. The van der Waals surface area contributed by atoms with Crippen LogP contribution in [0, 0.1) is 0 Å². The second-order valence-corrected chi connectivity index (χ2v) is 17.3. The van der Waals surface area contributed by atoms with Crippen molar-refractivity contribution in [2.45, 2.75) is 116 Å². The smallest absolute Gasteiger partial charge is 0.0948 e. The summed E-state index contributed by atoms with van der Waals surface area (Å²) in [6, 6.07) is 33.5. The average molecular weight is 655 g/mol. The predicted molar refractivity (Wildman–Crippen MR) is 203 cm³/mol. The van der Waals surface area contributed by atoms with Crippen molar-refractivity contribution in [3.8, 4) is 0 Å². The molecule has 5 heteroatoms. The number of unbranched alkanes of at least 4 members (excludes halogenated alkanes) is 10. The van der Waals surface area contributed by atoms with Gasteiger partial charge < -0.3 is 4.57 Å². The summed E-state index contributed by atoms with van der Waals surface area (Å²) in [5, 5.41) is 4.21. The van der Waals surface area contributed by atoms with Crippen molar-refractivity contribution >= 4 is 29.1 Å². The molecular formula is C42H59N2O2P. The number of rotatable bonds is 24. The van der Waals surface area contributed by atoms with E-state index in [0.717, 1.165) is 25.4 Å².